The SMILES string of the molecule is O=C(NC1CCCCC1)C(c1cccnc1)N(C(=O)Cc1c[nH]c2ccccc12)c1ccccc1. The summed E-state index contributed by atoms with van der Waals surface area (Å²) in [6.45, 7) is 0. The molecule has 1 aliphatic carbocycles. The molecule has 1 atom stereocenters. The second kappa shape index (κ2) is 10.6. The molecule has 6 nitrogen and oxygen atoms in total. The lowest BCUT2D eigenvalue weighted by Gasteiger charge is -2.33. The second-order valence-electron chi connectivity index (χ2n) is 9.17. The summed E-state index contributed by atoms with van der Waals surface area (Å²) in [5.74, 6) is -0.311. The molecule has 1 fully saturated rings. The Morgan fingerprint density at radius 1 is 0.971 bits per heavy atom. The first-order valence-electron chi connectivity index (χ1n) is 12.3. The van der Waals surface area contributed by atoms with Gasteiger partial charge in [-0.25, -0.2) is 0 Å². The van der Waals surface area contributed by atoms with E-state index in [-0.39, 0.29) is 24.3 Å². The van der Waals surface area contributed by atoms with Crippen molar-refractivity contribution in [1.82, 2.24) is 15.3 Å². The van der Waals surface area contributed by atoms with Crippen LogP contribution < -0.4 is 10.2 Å². The number of pyridine rings is 1. The molecule has 178 valence electrons. The monoisotopic (exact) mass is 466 g/mol. The van der Waals surface area contributed by atoms with Crippen molar-refractivity contribution in [2.24, 2.45) is 0 Å². The first kappa shape index (κ1) is 22.8. The average molecular weight is 467 g/mol. The van der Waals surface area contributed by atoms with Gasteiger partial charge < -0.3 is 10.3 Å². The molecule has 35 heavy (non-hydrogen) atoms. The van der Waals surface area contributed by atoms with Crippen LogP contribution in [-0.2, 0) is 16.0 Å². The predicted octanol–water partition coefficient (Wildman–Crippen LogP) is 5.33. The zero-order valence-corrected chi connectivity index (χ0v) is 19.7. The number of rotatable bonds is 7. The molecule has 1 saturated carbocycles. The molecule has 2 aromatic heterocycles. The van der Waals surface area contributed by atoms with Gasteiger partial charge in [-0.3, -0.25) is 19.5 Å². The van der Waals surface area contributed by atoms with E-state index in [2.05, 4.69) is 15.3 Å². The number of aromatic nitrogens is 2. The fraction of sp³-hybridized carbons (Fsp3) is 0.276. The number of H-pyrrole nitrogens is 1. The summed E-state index contributed by atoms with van der Waals surface area (Å²) in [6.07, 6.45) is 10.8. The first-order chi connectivity index (χ1) is 17.2. The van der Waals surface area contributed by atoms with Crippen molar-refractivity contribution in [3.63, 3.8) is 0 Å². The van der Waals surface area contributed by atoms with Gasteiger partial charge in [0.25, 0.3) is 0 Å². The third-order valence-electron chi connectivity index (χ3n) is 6.78. The van der Waals surface area contributed by atoms with Gasteiger partial charge in [0.1, 0.15) is 6.04 Å². The van der Waals surface area contributed by atoms with E-state index < -0.39 is 6.04 Å². The average Bonchev–Trinajstić information content (AvgIpc) is 3.31. The fourth-order valence-electron chi connectivity index (χ4n) is 5.03. The van der Waals surface area contributed by atoms with Gasteiger partial charge in [-0.2, -0.15) is 0 Å². The molecule has 0 radical (unpaired) electrons. The number of nitrogens with one attached hydrogen (secondary N) is 2. The summed E-state index contributed by atoms with van der Waals surface area (Å²) in [4.78, 5) is 36.9. The first-order valence-corrected chi connectivity index (χ1v) is 12.3. The molecule has 2 amide bonds. The fourth-order valence-corrected chi connectivity index (χ4v) is 5.03. The number of nitrogens with zero attached hydrogens (tertiary/aromatic N) is 2. The van der Waals surface area contributed by atoms with Gasteiger partial charge in [0, 0.05) is 46.8 Å². The van der Waals surface area contributed by atoms with E-state index in [9.17, 15) is 9.59 Å². The summed E-state index contributed by atoms with van der Waals surface area (Å²) in [6, 6.07) is 20.4. The lowest BCUT2D eigenvalue weighted by atomic mass is 9.94. The zero-order valence-electron chi connectivity index (χ0n) is 19.7. The number of hydrogen-bond donors (Lipinski definition) is 2. The highest BCUT2D eigenvalue weighted by Gasteiger charge is 2.34. The molecule has 1 aliphatic rings. The Bertz CT molecular complexity index is 1280. The van der Waals surface area contributed by atoms with Crippen molar-refractivity contribution in [3.05, 3.63) is 96.4 Å². The van der Waals surface area contributed by atoms with Crippen molar-refractivity contribution < 1.29 is 9.59 Å². The maximum absolute atomic E-state index is 14.0. The highest BCUT2D eigenvalue weighted by molar-refractivity contribution is 6.03. The standard InChI is InChI=1S/C29H30N4O2/c34-27(18-22-20-31-26-16-8-7-15-25(22)26)33(24-13-5-2-6-14-24)28(21-10-9-17-30-19-21)29(35)32-23-11-3-1-4-12-23/h2,5-10,13-17,19-20,23,28,31H,1,3-4,11-12,18H2,(H,32,35). The van der Waals surface area contributed by atoms with Crippen LogP contribution in [0.15, 0.2) is 85.3 Å². The van der Waals surface area contributed by atoms with Crippen LogP contribution in [0.3, 0.4) is 0 Å². The Hall–Kier alpha value is -3.93. The third-order valence-corrected chi connectivity index (χ3v) is 6.78. The molecule has 2 heterocycles. The lowest BCUT2D eigenvalue weighted by Crippen LogP contribution is -2.47. The summed E-state index contributed by atoms with van der Waals surface area (Å²) >= 11 is 0. The van der Waals surface area contributed by atoms with Crippen molar-refractivity contribution >= 4 is 28.4 Å². The molecule has 6 heteroatoms. The molecule has 0 bridgehead atoms. The number of amides is 2. The minimum absolute atomic E-state index is 0.136. The number of carbonyl (C=O) groups is 2. The predicted molar refractivity (Wildman–Crippen MR) is 138 cm³/mol. The van der Waals surface area contributed by atoms with Crippen LogP contribution in [-0.4, -0.2) is 27.8 Å². The molecular weight excluding hydrogens is 436 g/mol. The Morgan fingerprint density at radius 2 is 1.74 bits per heavy atom. The van der Waals surface area contributed by atoms with Gasteiger partial charge in [0.15, 0.2) is 0 Å². The summed E-state index contributed by atoms with van der Waals surface area (Å²) < 4.78 is 0. The van der Waals surface area contributed by atoms with E-state index in [1.807, 2.05) is 72.9 Å². The minimum Gasteiger partial charge on any atom is -0.361 e. The smallest absolute Gasteiger partial charge is 0.248 e. The highest BCUT2D eigenvalue weighted by Crippen LogP contribution is 2.30. The maximum Gasteiger partial charge on any atom is 0.248 e. The van der Waals surface area contributed by atoms with E-state index in [0.29, 0.717) is 11.3 Å². The zero-order chi connectivity index (χ0) is 24.0. The number of carbonyl (C=O) groups excluding carboxylic acids is 2. The summed E-state index contributed by atoms with van der Waals surface area (Å²) in [5.41, 5.74) is 3.27. The van der Waals surface area contributed by atoms with Crippen LogP contribution in [0.2, 0.25) is 0 Å². The molecule has 0 spiro atoms. The minimum atomic E-state index is -0.814. The van der Waals surface area contributed by atoms with Crippen molar-refractivity contribution in [3.8, 4) is 0 Å². The van der Waals surface area contributed by atoms with E-state index in [4.69, 9.17) is 0 Å². The third kappa shape index (κ3) is 5.11. The molecule has 2 N–H and O–H groups in total. The van der Waals surface area contributed by atoms with E-state index >= 15 is 0 Å². The molecule has 1 unspecified atom stereocenters. The van der Waals surface area contributed by atoms with Gasteiger partial charge >= 0.3 is 0 Å². The van der Waals surface area contributed by atoms with Crippen LogP contribution in [0.5, 0.6) is 0 Å². The Labute approximate surface area is 205 Å². The molecule has 2 aromatic carbocycles. The Balaban J connectivity index is 1.52. The number of anilines is 1. The largest absolute Gasteiger partial charge is 0.361 e. The van der Waals surface area contributed by atoms with Gasteiger partial charge in [0.05, 0.1) is 6.42 Å². The number of fused-ring (bicyclic) bond motifs is 1. The topological polar surface area (TPSA) is 78.1 Å². The number of hydrogen-bond acceptors (Lipinski definition) is 3. The van der Waals surface area contributed by atoms with Gasteiger partial charge in [-0.05, 0) is 42.7 Å². The van der Waals surface area contributed by atoms with Crippen LogP contribution >= 0.6 is 0 Å². The van der Waals surface area contributed by atoms with Gasteiger partial charge in [-0.1, -0.05) is 61.7 Å². The second-order valence-corrected chi connectivity index (χ2v) is 9.17. The molecule has 5 rings (SSSR count). The van der Waals surface area contributed by atoms with E-state index in [1.54, 1.807) is 17.3 Å². The summed E-state index contributed by atoms with van der Waals surface area (Å²) in [5, 5.41) is 4.26. The Kier molecular flexibility index (Phi) is 6.89. The van der Waals surface area contributed by atoms with Crippen molar-refractivity contribution in [2.45, 2.75) is 50.6 Å². The number of benzene rings is 2. The summed E-state index contributed by atoms with van der Waals surface area (Å²) in [7, 11) is 0. The van der Waals surface area contributed by atoms with Crippen molar-refractivity contribution in [1.29, 1.82) is 0 Å². The van der Waals surface area contributed by atoms with Crippen LogP contribution in [0.4, 0.5) is 5.69 Å². The quantitative estimate of drug-likeness (QED) is 0.386. The molecule has 0 saturated heterocycles. The van der Waals surface area contributed by atoms with Crippen molar-refractivity contribution in [2.75, 3.05) is 4.90 Å². The lowest BCUT2D eigenvalue weighted by molar-refractivity contribution is -0.127. The highest BCUT2D eigenvalue weighted by atomic mass is 16.2. The maximum atomic E-state index is 14.0. The van der Waals surface area contributed by atoms with Crippen LogP contribution in [0.25, 0.3) is 10.9 Å². The normalized spacial score (nSPS) is 15.0. The number of para-hydroxylation sites is 2. The molecule has 0 aliphatic heterocycles. The van der Waals surface area contributed by atoms with Gasteiger partial charge in [-0.15, -0.1) is 0 Å². The van der Waals surface area contributed by atoms with Crippen LogP contribution in [0.1, 0.15) is 49.3 Å². The van der Waals surface area contributed by atoms with E-state index in [1.165, 1.54) is 6.42 Å². The Morgan fingerprint density at radius 3 is 2.51 bits per heavy atom. The molecule has 4 aromatic rings. The number of aromatic amines is 1. The molecular formula is C29H30N4O2. The van der Waals surface area contributed by atoms with Gasteiger partial charge in [0.2, 0.25) is 11.8 Å². The van der Waals surface area contributed by atoms with E-state index in [0.717, 1.165) is 42.1 Å². The van der Waals surface area contributed by atoms with Crippen LogP contribution in [0, 0.1) is 0 Å².